The first-order valence-electron chi connectivity index (χ1n) is 8.98. The van der Waals surface area contributed by atoms with Gasteiger partial charge in [0.1, 0.15) is 0 Å². The van der Waals surface area contributed by atoms with Gasteiger partial charge in [-0.25, -0.2) is 9.78 Å². The number of oxazole rings is 1. The molecule has 0 saturated heterocycles. The van der Waals surface area contributed by atoms with Crippen molar-refractivity contribution in [1.29, 1.82) is 0 Å². The standard InChI is InChI=1S/C21H22ClN3O3/c1-14(2)13-27-21(26)25-18-8-4-7-17(10-18)23-12-20-24-11-19(28-20)15-5-3-6-16(22)9-15/h3-11,14,23H,12-13H2,1-2H3,(H,25,26). The fourth-order valence-electron chi connectivity index (χ4n) is 2.45. The van der Waals surface area contributed by atoms with Crippen LogP contribution in [0.1, 0.15) is 19.7 Å². The van der Waals surface area contributed by atoms with Gasteiger partial charge in [0.05, 0.1) is 19.3 Å². The number of nitrogens with zero attached hydrogens (tertiary/aromatic N) is 1. The molecule has 146 valence electrons. The number of carbonyl (C=O) groups is 1. The Bertz CT molecular complexity index is 940. The molecule has 1 amide bonds. The highest BCUT2D eigenvalue weighted by atomic mass is 35.5. The van der Waals surface area contributed by atoms with Gasteiger partial charge in [0, 0.05) is 22.0 Å². The van der Waals surface area contributed by atoms with Crippen LogP contribution >= 0.6 is 11.6 Å². The minimum Gasteiger partial charge on any atom is -0.449 e. The number of carbonyl (C=O) groups excluding carboxylic acids is 1. The molecule has 2 aromatic carbocycles. The fourth-order valence-corrected chi connectivity index (χ4v) is 2.64. The number of hydrogen-bond acceptors (Lipinski definition) is 5. The molecule has 3 rings (SSSR count). The van der Waals surface area contributed by atoms with Crippen molar-refractivity contribution in [1.82, 2.24) is 4.98 Å². The normalized spacial score (nSPS) is 10.7. The van der Waals surface area contributed by atoms with Crippen LogP contribution in [0.3, 0.4) is 0 Å². The summed E-state index contributed by atoms with van der Waals surface area (Å²) in [5, 5.41) is 6.58. The number of ether oxygens (including phenoxy) is 1. The summed E-state index contributed by atoms with van der Waals surface area (Å²) in [6.45, 7) is 4.75. The molecule has 7 heteroatoms. The van der Waals surface area contributed by atoms with Crippen LogP contribution in [0.5, 0.6) is 0 Å². The Morgan fingerprint density at radius 1 is 1.18 bits per heavy atom. The quantitative estimate of drug-likeness (QED) is 0.524. The minimum atomic E-state index is -0.468. The smallest absolute Gasteiger partial charge is 0.411 e. The SMILES string of the molecule is CC(C)COC(=O)Nc1cccc(NCc2ncc(-c3cccc(Cl)c3)o2)c1. The zero-order chi connectivity index (χ0) is 19.9. The zero-order valence-electron chi connectivity index (χ0n) is 15.7. The second-order valence-corrected chi connectivity index (χ2v) is 7.12. The van der Waals surface area contributed by atoms with E-state index in [-0.39, 0.29) is 5.92 Å². The van der Waals surface area contributed by atoms with E-state index in [0.29, 0.717) is 35.5 Å². The predicted octanol–water partition coefficient (Wildman–Crippen LogP) is 5.81. The zero-order valence-corrected chi connectivity index (χ0v) is 16.5. The van der Waals surface area contributed by atoms with Crippen LogP contribution in [-0.2, 0) is 11.3 Å². The van der Waals surface area contributed by atoms with Crippen molar-refractivity contribution in [2.75, 3.05) is 17.2 Å². The van der Waals surface area contributed by atoms with Gasteiger partial charge in [-0.2, -0.15) is 0 Å². The summed E-state index contributed by atoms with van der Waals surface area (Å²) >= 11 is 6.02. The van der Waals surface area contributed by atoms with Crippen LogP contribution in [0.4, 0.5) is 16.2 Å². The second kappa shape index (κ2) is 9.28. The summed E-state index contributed by atoms with van der Waals surface area (Å²) < 4.78 is 10.9. The number of amides is 1. The van der Waals surface area contributed by atoms with Crippen molar-refractivity contribution in [3.63, 3.8) is 0 Å². The van der Waals surface area contributed by atoms with E-state index in [1.807, 2.05) is 56.3 Å². The van der Waals surface area contributed by atoms with Crippen LogP contribution in [-0.4, -0.2) is 17.7 Å². The number of benzene rings is 2. The van der Waals surface area contributed by atoms with E-state index >= 15 is 0 Å². The molecule has 28 heavy (non-hydrogen) atoms. The highest BCUT2D eigenvalue weighted by Gasteiger charge is 2.08. The first-order valence-corrected chi connectivity index (χ1v) is 9.36. The van der Waals surface area contributed by atoms with Gasteiger partial charge >= 0.3 is 6.09 Å². The molecule has 0 radical (unpaired) electrons. The monoisotopic (exact) mass is 399 g/mol. The van der Waals surface area contributed by atoms with E-state index in [4.69, 9.17) is 20.8 Å². The van der Waals surface area contributed by atoms with Crippen LogP contribution in [0.2, 0.25) is 5.02 Å². The molecule has 0 bridgehead atoms. The fraction of sp³-hybridized carbons (Fsp3) is 0.238. The highest BCUT2D eigenvalue weighted by molar-refractivity contribution is 6.30. The molecule has 0 aliphatic heterocycles. The lowest BCUT2D eigenvalue weighted by atomic mass is 10.2. The van der Waals surface area contributed by atoms with Gasteiger partial charge in [-0.15, -0.1) is 0 Å². The third kappa shape index (κ3) is 5.76. The lowest BCUT2D eigenvalue weighted by molar-refractivity contribution is 0.147. The van der Waals surface area contributed by atoms with E-state index < -0.39 is 6.09 Å². The lowest BCUT2D eigenvalue weighted by Gasteiger charge is -2.10. The maximum atomic E-state index is 11.8. The largest absolute Gasteiger partial charge is 0.449 e. The summed E-state index contributed by atoms with van der Waals surface area (Å²) in [6.07, 6.45) is 1.20. The summed E-state index contributed by atoms with van der Waals surface area (Å²) in [5.41, 5.74) is 2.34. The average molecular weight is 400 g/mol. The van der Waals surface area contributed by atoms with E-state index in [1.54, 1.807) is 12.3 Å². The van der Waals surface area contributed by atoms with Gasteiger partial charge in [0.25, 0.3) is 0 Å². The Labute approximate surface area is 168 Å². The highest BCUT2D eigenvalue weighted by Crippen LogP contribution is 2.24. The van der Waals surface area contributed by atoms with Crippen LogP contribution in [0, 0.1) is 5.92 Å². The first kappa shape index (κ1) is 19.8. The van der Waals surface area contributed by atoms with E-state index in [1.165, 1.54) is 0 Å². The molecule has 1 aromatic heterocycles. The molecule has 0 spiro atoms. The van der Waals surface area contributed by atoms with Crippen LogP contribution < -0.4 is 10.6 Å². The molecule has 0 aliphatic rings. The number of aromatic nitrogens is 1. The first-order chi connectivity index (χ1) is 13.5. The summed E-state index contributed by atoms with van der Waals surface area (Å²) in [5.74, 6) is 1.49. The maximum Gasteiger partial charge on any atom is 0.411 e. The van der Waals surface area contributed by atoms with Crippen molar-refractivity contribution >= 4 is 29.1 Å². The van der Waals surface area contributed by atoms with Crippen molar-refractivity contribution in [2.24, 2.45) is 5.92 Å². The van der Waals surface area contributed by atoms with E-state index in [0.717, 1.165) is 11.3 Å². The Balaban J connectivity index is 1.57. The predicted molar refractivity (Wildman–Crippen MR) is 111 cm³/mol. The van der Waals surface area contributed by atoms with Gasteiger partial charge in [0.2, 0.25) is 5.89 Å². The van der Waals surface area contributed by atoms with Crippen molar-refractivity contribution in [2.45, 2.75) is 20.4 Å². The lowest BCUT2D eigenvalue weighted by Crippen LogP contribution is -2.16. The number of halogens is 1. The number of nitrogens with one attached hydrogen (secondary N) is 2. The molecule has 0 aliphatic carbocycles. The third-order valence-electron chi connectivity index (χ3n) is 3.76. The minimum absolute atomic E-state index is 0.288. The average Bonchev–Trinajstić information content (AvgIpc) is 3.14. The van der Waals surface area contributed by atoms with E-state index in [2.05, 4.69) is 15.6 Å². The van der Waals surface area contributed by atoms with Gasteiger partial charge < -0.3 is 14.5 Å². The van der Waals surface area contributed by atoms with Gasteiger partial charge in [-0.05, 0) is 36.2 Å². The van der Waals surface area contributed by atoms with Crippen molar-refractivity contribution in [3.8, 4) is 11.3 Å². The summed E-state index contributed by atoms with van der Waals surface area (Å²) in [7, 11) is 0. The van der Waals surface area contributed by atoms with Gasteiger partial charge in [0.15, 0.2) is 5.76 Å². The number of hydrogen-bond donors (Lipinski definition) is 2. The number of rotatable bonds is 7. The van der Waals surface area contributed by atoms with Crippen molar-refractivity contribution < 1.29 is 13.9 Å². The molecule has 6 nitrogen and oxygen atoms in total. The van der Waals surface area contributed by atoms with Gasteiger partial charge in [-0.3, -0.25) is 5.32 Å². The van der Waals surface area contributed by atoms with Crippen LogP contribution in [0.15, 0.2) is 59.1 Å². The Hall–Kier alpha value is -2.99. The molecule has 0 fully saturated rings. The third-order valence-corrected chi connectivity index (χ3v) is 4.00. The molecule has 0 unspecified atom stereocenters. The maximum absolute atomic E-state index is 11.8. The Morgan fingerprint density at radius 2 is 1.96 bits per heavy atom. The Kier molecular flexibility index (Phi) is 6.55. The molecular weight excluding hydrogens is 378 g/mol. The molecule has 3 aromatic rings. The van der Waals surface area contributed by atoms with E-state index in [9.17, 15) is 4.79 Å². The Morgan fingerprint density at radius 3 is 2.75 bits per heavy atom. The van der Waals surface area contributed by atoms with Gasteiger partial charge in [-0.1, -0.05) is 43.6 Å². The molecular formula is C21H22ClN3O3. The second-order valence-electron chi connectivity index (χ2n) is 6.68. The van der Waals surface area contributed by atoms with Crippen LogP contribution in [0.25, 0.3) is 11.3 Å². The van der Waals surface area contributed by atoms with Crippen molar-refractivity contribution in [3.05, 3.63) is 65.6 Å². The number of anilines is 2. The molecule has 0 saturated carbocycles. The summed E-state index contributed by atoms with van der Waals surface area (Å²) in [4.78, 5) is 16.1. The molecule has 2 N–H and O–H groups in total. The topological polar surface area (TPSA) is 76.4 Å². The summed E-state index contributed by atoms with van der Waals surface area (Å²) in [6, 6.07) is 14.8. The molecule has 0 atom stereocenters. The molecule has 1 heterocycles.